The predicted molar refractivity (Wildman–Crippen MR) is 81.3 cm³/mol. The molecule has 3 rings (SSSR count). The minimum atomic E-state index is 0.107. The molecule has 0 spiro atoms. The van der Waals surface area contributed by atoms with E-state index in [4.69, 9.17) is 0 Å². The van der Waals surface area contributed by atoms with Crippen LogP contribution < -0.4 is 0 Å². The third-order valence-corrected chi connectivity index (χ3v) is 4.68. The first-order chi connectivity index (χ1) is 9.78. The molecule has 0 amide bonds. The van der Waals surface area contributed by atoms with Gasteiger partial charge in [0.25, 0.3) is 0 Å². The van der Waals surface area contributed by atoms with Gasteiger partial charge in [0.15, 0.2) is 0 Å². The van der Waals surface area contributed by atoms with Gasteiger partial charge < -0.3 is 0 Å². The number of aromatic nitrogens is 3. The lowest BCUT2D eigenvalue weighted by Gasteiger charge is -2.33. The number of aromatic amines is 1. The summed E-state index contributed by atoms with van der Waals surface area (Å²) in [5, 5.41) is 11.0. The zero-order valence-corrected chi connectivity index (χ0v) is 12.2. The van der Waals surface area contributed by atoms with Crippen molar-refractivity contribution < 1.29 is 0 Å². The average Bonchev–Trinajstić information content (AvgIpc) is 3.01. The van der Waals surface area contributed by atoms with Crippen molar-refractivity contribution in [3.05, 3.63) is 47.8 Å². The Morgan fingerprint density at radius 3 is 2.90 bits per heavy atom. The van der Waals surface area contributed by atoms with Gasteiger partial charge in [0.1, 0.15) is 0 Å². The van der Waals surface area contributed by atoms with E-state index in [0.29, 0.717) is 5.92 Å². The van der Waals surface area contributed by atoms with Crippen molar-refractivity contribution in [3.63, 3.8) is 0 Å². The van der Waals surface area contributed by atoms with E-state index in [-0.39, 0.29) is 5.41 Å². The van der Waals surface area contributed by atoms with Crippen molar-refractivity contribution in [2.24, 2.45) is 5.41 Å². The number of H-pyrrole nitrogens is 1. The number of hydrogen-bond donors (Lipinski definition) is 1. The molecule has 1 heterocycles. The Labute approximate surface area is 120 Å². The van der Waals surface area contributed by atoms with Gasteiger partial charge in [-0.05, 0) is 32.1 Å². The summed E-state index contributed by atoms with van der Waals surface area (Å²) in [4.78, 5) is 0. The van der Waals surface area contributed by atoms with Crippen LogP contribution in [0, 0.1) is 5.41 Å². The average molecular weight is 269 g/mol. The van der Waals surface area contributed by atoms with Gasteiger partial charge in [-0.25, -0.2) is 0 Å². The normalized spacial score (nSPS) is 29.6. The summed E-state index contributed by atoms with van der Waals surface area (Å²) in [6, 6.07) is 0. The van der Waals surface area contributed by atoms with Gasteiger partial charge in [-0.3, -0.25) is 0 Å². The number of allylic oxidation sites excluding steroid dienone is 6. The third-order valence-electron chi connectivity index (χ3n) is 4.68. The van der Waals surface area contributed by atoms with Crippen LogP contribution in [0.5, 0.6) is 0 Å². The SMILES string of the molecule is CC1(CC=C2CCCCC2)C=CC=CC1c1cn[nH]n1. The summed E-state index contributed by atoms with van der Waals surface area (Å²) in [6.45, 7) is 2.33. The van der Waals surface area contributed by atoms with E-state index < -0.39 is 0 Å². The standard InChI is InChI=1S/C17H23N3/c1-17(12-10-14-7-3-2-4-8-14)11-6-5-9-15(17)16-13-18-20-19-16/h5-6,9-11,13,15H,2-4,7-8,12H2,1H3,(H,18,19,20). The van der Waals surface area contributed by atoms with E-state index in [1.165, 1.54) is 32.1 Å². The minimum absolute atomic E-state index is 0.107. The van der Waals surface area contributed by atoms with Gasteiger partial charge >= 0.3 is 0 Å². The van der Waals surface area contributed by atoms with Crippen LogP contribution in [0.2, 0.25) is 0 Å². The lowest BCUT2D eigenvalue weighted by Crippen LogP contribution is -2.24. The van der Waals surface area contributed by atoms with Gasteiger partial charge in [-0.1, -0.05) is 49.3 Å². The van der Waals surface area contributed by atoms with Crippen molar-refractivity contribution in [1.82, 2.24) is 15.4 Å². The topological polar surface area (TPSA) is 41.6 Å². The fourth-order valence-electron chi connectivity index (χ4n) is 3.34. The minimum Gasteiger partial charge on any atom is -0.198 e. The molecule has 3 nitrogen and oxygen atoms in total. The van der Waals surface area contributed by atoms with Gasteiger partial charge in [-0.15, -0.1) is 0 Å². The predicted octanol–water partition coefficient (Wildman–Crippen LogP) is 4.30. The van der Waals surface area contributed by atoms with Crippen molar-refractivity contribution in [2.75, 3.05) is 0 Å². The molecule has 2 aliphatic rings. The number of rotatable bonds is 3. The Morgan fingerprint density at radius 1 is 1.30 bits per heavy atom. The van der Waals surface area contributed by atoms with E-state index in [2.05, 4.69) is 52.7 Å². The molecule has 106 valence electrons. The van der Waals surface area contributed by atoms with Crippen LogP contribution >= 0.6 is 0 Å². The quantitative estimate of drug-likeness (QED) is 0.831. The van der Waals surface area contributed by atoms with E-state index in [1.54, 1.807) is 5.57 Å². The Kier molecular flexibility index (Phi) is 3.86. The van der Waals surface area contributed by atoms with Crippen molar-refractivity contribution in [1.29, 1.82) is 0 Å². The smallest absolute Gasteiger partial charge is 0.0901 e. The van der Waals surface area contributed by atoms with Gasteiger partial charge in [-0.2, -0.15) is 15.4 Å². The highest BCUT2D eigenvalue weighted by molar-refractivity contribution is 5.29. The van der Waals surface area contributed by atoms with Crippen LogP contribution in [0.3, 0.4) is 0 Å². The van der Waals surface area contributed by atoms with E-state index in [0.717, 1.165) is 12.1 Å². The zero-order chi connectivity index (χ0) is 13.8. The molecule has 1 aromatic heterocycles. The fraction of sp³-hybridized carbons (Fsp3) is 0.529. The van der Waals surface area contributed by atoms with Crippen LogP contribution in [0.1, 0.15) is 57.1 Å². The molecule has 0 saturated heterocycles. The Bertz CT molecular complexity index is 516. The van der Waals surface area contributed by atoms with Crippen LogP contribution in [-0.2, 0) is 0 Å². The molecule has 2 aliphatic carbocycles. The summed E-state index contributed by atoms with van der Waals surface area (Å²) in [5.74, 6) is 0.312. The third kappa shape index (κ3) is 2.77. The highest BCUT2D eigenvalue weighted by atomic mass is 15.3. The second-order valence-electron chi connectivity index (χ2n) is 6.25. The van der Waals surface area contributed by atoms with Crippen LogP contribution in [0.15, 0.2) is 42.2 Å². The second kappa shape index (κ2) is 5.78. The van der Waals surface area contributed by atoms with E-state index in [9.17, 15) is 0 Å². The Hall–Kier alpha value is -1.64. The summed E-state index contributed by atoms with van der Waals surface area (Å²) in [6.07, 6.45) is 21.0. The second-order valence-corrected chi connectivity index (χ2v) is 6.25. The van der Waals surface area contributed by atoms with Crippen molar-refractivity contribution in [2.45, 2.75) is 51.4 Å². The van der Waals surface area contributed by atoms with Crippen LogP contribution in [0.4, 0.5) is 0 Å². The van der Waals surface area contributed by atoms with Crippen LogP contribution in [0.25, 0.3) is 0 Å². The maximum atomic E-state index is 4.29. The van der Waals surface area contributed by atoms with Gasteiger partial charge in [0.05, 0.1) is 11.9 Å². The van der Waals surface area contributed by atoms with E-state index >= 15 is 0 Å². The monoisotopic (exact) mass is 269 g/mol. The summed E-state index contributed by atoms with van der Waals surface area (Å²) in [5.41, 5.74) is 2.80. The lowest BCUT2D eigenvalue weighted by molar-refractivity contribution is 0.374. The molecule has 2 unspecified atom stereocenters. The number of hydrogen-bond acceptors (Lipinski definition) is 2. The lowest BCUT2D eigenvalue weighted by atomic mass is 9.70. The molecule has 1 fully saturated rings. The first kappa shape index (κ1) is 13.3. The molecule has 0 bridgehead atoms. The summed E-state index contributed by atoms with van der Waals surface area (Å²) in [7, 11) is 0. The van der Waals surface area contributed by atoms with Gasteiger partial charge in [0, 0.05) is 11.3 Å². The highest BCUT2D eigenvalue weighted by Crippen LogP contribution is 2.43. The molecular formula is C17H23N3. The maximum Gasteiger partial charge on any atom is 0.0901 e. The first-order valence-corrected chi connectivity index (χ1v) is 7.67. The molecule has 0 radical (unpaired) electrons. The van der Waals surface area contributed by atoms with Crippen molar-refractivity contribution >= 4 is 0 Å². The Balaban J connectivity index is 1.77. The molecule has 20 heavy (non-hydrogen) atoms. The molecule has 2 atom stereocenters. The largest absolute Gasteiger partial charge is 0.198 e. The fourth-order valence-corrected chi connectivity index (χ4v) is 3.34. The zero-order valence-electron chi connectivity index (χ0n) is 12.2. The van der Waals surface area contributed by atoms with E-state index in [1.807, 2.05) is 6.20 Å². The maximum absolute atomic E-state index is 4.29. The first-order valence-electron chi connectivity index (χ1n) is 7.67. The Morgan fingerprint density at radius 2 is 2.15 bits per heavy atom. The molecule has 3 heteroatoms. The van der Waals surface area contributed by atoms with Gasteiger partial charge in [0.2, 0.25) is 0 Å². The molecule has 1 saturated carbocycles. The van der Waals surface area contributed by atoms with Crippen LogP contribution in [-0.4, -0.2) is 15.4 Å². The van der Waals surface area contributed by atoms with Crippen molar-refractivity contribution in [3.8, 4) is 0 Å². The number of nitrogens with one attached hydrogen (secondary N) is 1. The molecule has 1 N–H and O–H groups in total. The molecule has 1 aromatic rings. The molecule has 0 aliphatic heterocycles. The number of nitrogens with zero attached hydrogens (tertiary/aromatic N) is 2. The summed E-state index contributed by atoms with van der Waals surface area (Å²) < 4.78 is 0. The highest BCUT2D eigenvalue weighted by Gasteiger charge is 2.33. The summed E-state index contributed by atoms with van der Waals surface area (Å²) >= 11 is 0. The molecule has 0 aromatic carbocycles. The molecular weight excluding hydrogens is 246 g/mol.